The van der Waals surface area contributed by atoms with Crippen LogP contribution < -0.4 is 5.11 Å². The Bertz CT molecular complexity index is 364. The zero-order valence-corrected chi connectivity index (χ0v) is 7.75. The predicted octanol–water partition coefficient (Wildman–Crippen LogP) is -1.23. The van der Waals surface area contributed by atoms with Gasteiger partial charge in [-0.25, -0.2) is 0 Å². The van der Waals surface area contributed by atoms with E-state index in [1.807, 2.05) is 0 Å². The van der Waals surface area contributed by atoms with Gasteiger partial charge in [0.05, 0.1) is 5.97 Å². The Morgan fingerprint density at radius 1 is 1.43 bits per heavy atom. The van der Waals surface area contributed by atoms with E-state index in [0.29, 0.717) is 5.71 Å². The minimum absolute atomic E-state index is 0. The van der Waals surface area contributed by atoms with Gasteiger partial charge in [0, 0.05) is 0 Å². The van der Waals surface area contributed by atoms with Crippen molar-refractivity contribution in [2.45, 2.75) is 5.54 Å². The number of allylic oxidation sites excluding steroid dienone is 2. The van der Waals surface area contributed by atoms with Crippen LogP contribution in [0.1, 0.15) is 0 Å². The number of fused-ring (bicyclic) bond motifs is 1. The molecule has 0 saturated heterocycles. The third-order valence-electron chi connectivity index (χ3n) is 1.76. The molecule has 0 aromatic heterocycles. The van der Waals surface area contributed by atoms with Crippen molar-refractivity contribution >= 4 is 63.1 Å². The van der Waals surface area contributed by atoms with E-state index in [1.165, 1.54) is 6.08 Å². The second-order valence-corrected chi connectivity index (χ2v) is 2.45. The molecule has 7 heteroatoms. The molecule has 0 radical (unpaired) electrons. The molecule has 0 aromatic carbocycles. The van der Waals surface area contributed by atoms with Crippen LogP contribution in [0.3, 0.4) is 0 Å². The zero-order valence-electron chi connectivity index (χ0n) is 6.27. The van der Waals surface area contributed by atoms with Gasteiger partial charge < -0.3 is 9.90 Å². The first-order valence-corrected chi connectivity index (χ1v) is 3.33. The number of hydrogen-bond acceptors (Lipinski definition) is 5. The molecular weight excluding hydrogens is 305 g/mol. The third-order valence-corrected chi connectivity index (χ3v) is 1.76. The fourth-order valence-corrected chi connectivity index (χ4v) is 1.10. The molecule has 1 atom stereocenters. The summed E-state index contributed by atoms with van der Waals surface area (Å²) in [4.78, 5) is 10.7. The van der Waals surface area contributed by atoms with Gasteiger partial charge in [-0.1, -0.05) is 12.2 Å². The average molecular weight is 310 g/mol. The first-order valence-electron chi connectivity index (χ1n) is 3.33. The quantitative estimate of drug-likeness (QED) is 0.569. The van der Waals surface area contributed by atoms with Crippen LogP contribution >= 0.6 is 0 Å². The Balaban J connectivity index is 0.000000845. The van der Waals surface area contributed by atoms with E-state index >= 15 is 0 Å². The van der Waals surface area contributed by atoms with Crippen molar-refractivity contribution in [3.63, 3.8) is 0 Å². The number of carboxylic acid groups (broad SMARTS) is 1. The van der Waals surface area contributed by atoms with Crippen LogP contribution in [0.2, 0.25) is 0 Å². The van der Waals surface area contributed by atoms with Gasteiger partial charge in [0.1, 0.15) is 5.71 Å². The topological polar surface area (TPSA) is 77.2 Å². The summed E-state index contributed by atoms with van der Waals surface area (Å²) in [5.41, 5.74) is -1.17. The van der Waals surface area contributed by atoms with E-state index < -0.39 is 11.5 Å². The normalized spacial score (nSPS) is 25.9. The number of carbonyl (C=O) groups excluding carboxylic acids is 1. The zero-order chi connectivity index (χ0) is 8.60. The average Bonchev–Trinajstić information content (AvgIpc) is 2.48. The van der Waals surface area contributed by atoms with E-state index in [1.54, 1.807) is 18.2 Å². The molecule has 1 aliphatic carbocycles. The summed E-state index contributed by atoms with van der Waals surface area (Å²) in [6.45, 7) is 0. The minimum atomic E-state index is -1.46. The van der Waals surface area contributed by atoms with Crippen molar-refractivity contribution in [2.24, 2.45) is 15.4 Å². The van der Waals surface area contributed by atoms with Gasteiger partial charge in [-0.15, -0.1) is 10.2 Å². The van der Waals surface area contributed by atoms with Crippen molar-refractivity contribution in [1.82, 2.24) is 0 Å². The second kappa shape index (κ2) is 5.62. The first-order chi connectivity index (χ1) is 5.76. The molecule has 0 spiro atoms. The van der Waals surface area contributed by atoms with Crippen LogP contribution in [0.25, 0.3) is 0 Å². The standard InChI is InChI=1S/C7H5N3O2.Ag.K.H/c11-6(12)7-4-2-1-3-5(7)8-10-9-7;;;/h1-4H,(H,11,12);;;/q;+1;;/p-1. The number of rotatable bonds is 1. The molecule has 2 aliphatic rings. The monoisotopic (exact) mass is 309 g/mol. The van der Waals surface area contributed by atoms with Crippen molar-refractivity contribution < 1.29 is 32.3 Å². The number of carbonyl (C=O) groups is 1. The molecule has 1 aliphatic heterocycles. The fraction of sp³-hybridized carbons (Fsp3) is 0.143. The Kier molecular flexibility index (Phi) is 5.86. The summed E-state index contributed by atoms with van der Waals surface area (Å²) in [6.07, 6.45) is 6.21. The van der Waals surface area contributed by atoms with Gasteiger partial charge >= 0.3 is 73.8 Å². The maximum absolute atomic E-state index is 10.7. The van der Waals surface area contributed by atoms with E-state index in [-0.39, 0.29) is 73.8 Å². The predicted molar refractivity (Wildman–Crippen MR) is 45.5 cm³/mol. The Hall–Kier alpha value is 0.597. The van der Waals surface area contributed by atoms with E-state index in [4.69, 9.17) is 0 Å². The summed E-state index contributed by atoms with van der Waals surface area (Å²) in [5, 5.41) is 21.1. The summed E-state index contributed by atoms with van der Waals surface area (Å²) < 4.78 is 0. The molecule has 0 bridgehead atoms. The van der Waals surface area contributed by atoms with Crippen LogP contribution in [-0.4, -0.2) is 68.6 Å². The molecule has 1 unspecified atom stereocenters. The molecule has 72 valence electrons. The molecule has 0 N–H and O–H groups in total. The number of aliphatic carboxylic acids is 1. The van der Waals surface area contributed by atoms with Crippen LogP contribution in [0.4, 0.5) is 0 Å². The summed E-state index contributed by atoms with van der Waals surface area (Å²) in [7, 11) is 0. The molecule has 0 aromatic rings. The molecule has 14 heavy (non-hydrogen) atoms. The van der Waals surface area contributed by atoms with Crippen molar-refractivity contribution in [1.29, 1.82) is 0 Å². The van der Waals surface area contributed by atoms with Crippen LogP contribution in [0.5, 0.6) is 0 Å². The number of hydrogen-bond donors (Lipinski definition) is 0. The van der Waals surface area contributed by atoms with Crippen LogP contribution in [0, 0.1) is 0 Å². The molecule has 0 fully saturated rings. The van der Waals surface area contributed by atoms with Gasteiger partial charge in [-0.2, -0.15) is 0 Å². The fourth-order valence-electron chi connectivity index (χ4n) is 1.10. The van der Waals surface area contributed by atoms with Gasteiger partial charge in [-0.3, -0.25) is 0 Å². The SMILES string of the molecule is O=C([O-])C12C=CC=CC1=NN=N2.[Ag+].[KH]. The number of nitrogens with zero attached hydrogens (tertiary/aromatic N) is 3. The van der Waals surface area contributed by atoms with E-state index in [0.717, 1.165) is 0 Å². The van der Waals surface area contributed by atoms with Crippen molar-refractivity contribution in [3.8, 4) is 0 Å². The summed E-state index contributed by atoms with van der Waals surface area (Å²) in [5.74, 6) is -1.30. The third kappa shape index (κ3) is 2.22. The van der Waals surface area contributed by atoms with Crippen LogP contribution in [-0.2, 0) is 27.2 Å². The van der Waals surface area contributed by atoms with E-state index in [9.17, 15) is 9.90 Å². The van der Waals surface area contributed by atoms with Crippen LogP contribution in [0.15, 0.2) is 39.7 Å². The van der Waals surface area contributed by atoms with E-state index in [2.05, 4.69) is 15.4 Å². The Labute approximate surface area is 138 Å². The Morgan fingerprint density at radius 2 is 2.14 bits per heavy atom. The van der Waals surface area contributed by atoms with Gasteiger partial charge in [0.2, 0.25) is 0 Å². The molecule has 5 nitrogen and oxygen atoms in total. The number of carboxylic acids is 1. The molecule has 2 rings (SSSR count). The molecule has 0 amide bonds. The van der Waals surface area contributed by atoms with Crippen molar-refractivity contribution in [2.75, 3.05) is 0 Å². The molecule has 0 saturated carbocycles. The van der Waals surface area contributed by atoms with Gasteiger partial charge in [0.15, 0.2) is 5.54 Å². The van der Waals surface area contributed by atoms with Gasteiger partial charge in [-0.05, 0) is 17.4 Å². The van der Waals surface area contributed by atoms with Crippen molar-refractivity contribution in [3.05, 3.63) is 24.3 Å². The Morgan fingerprint density at radius 3 is 2.71 bits per heavy atom. The summed E-state index contributed by atoms with van der Waals surface area (Å²) >= 11 is 0. The molecular formula is C7H5AgKN3O2. The first kappa shape index (κ1) is 14.6. The molecule has 1 heterocycles. The second-order valence-electron chi connectivity index (χ2n) is 2.45. The summed E-state index contributed by atoms with van der Waals surface area (Å²) in [6, 6.07) is 0. The maximum atomic E-state index is 10.7. The van der Waals surface area contributed by atoms with Gasteiger partial charge in [0.25, 0.3) is 0 Å².